The molecule has 0 fully saturated rings. The highest BCUT2D eigenvalue weighted by Gasteiger charge is 2.21. The Morgan fingerprint density at radius 3 is 3.18 bits per heavy atom. The Morgan fingerprint density at radius 2 is 2.41 bits per heavy atom. The Labute approximate surface area is 99.7 Å². The molecule has 5 nitrogen and oxygen atoms in total. The maximum absolute atomic E-state index is 9.90. The van der Waals surface area contributed by atoms with Crippen molar-refractivity contribution in [2.75, 3.05) is 0 Å². The van der Waals surface area contributed by atoms with E-state index in [1.165, 1.54) is 5.69 Å². The molecule has 0 amide bonds. The summed E-state index contributed by atoms with van der Waals surface area (Å²) in [5.41, 5.74) is 2.31. The molecule has 2 heterocycles. The Balaban J connectivity index is 1.89. The molecule has 90 valence electrons. The maximum atomic E-state index is 9.90. The van der Waals surface area contributed by atoms with Gasteiger partial charge in [-0.15, -0.1) is 0 Å². The monoisotopic (exact) mass is 232 g/mol. The fourth-order valence-electron chi connectivity index (χ4n) is 2.49. The second kappa shape index (κ2) is 4.00. The number of nitrogens with zero attached hydrogens (tertiary/aromatic N) is 4. The van der Waals surface area contributed by atoms with Crippen LogP contribution < -0.4 is 0 Å². The van der Waals surface area contributed by atoms with Crippen LogP contribution in [0.25, 0.3) is 0 Å². The van der Waals surface area contributed by atoms with Crippen LogP contribution in [0, 0.1) is 0 Å². The molecular formula is C12H16N4O. The van der Waals surface area contributed by atoms with E-state index in [-0.39, 0.29) is 6.10 Å². The first-order valence-corrected chi connectivity index (χ1v) is 5.94. The number of aryl methyl sites for hydroxylation is 1. The Hall–Kier alpha value is -1.62. The van der Waals surface area contributed by atoms with E-state index in [4.69, 9.17) is 0 Å². The highest BCUT2D eigenvalue weighted by atomic mass is 16.3. The van der Waals surface area contributed by atoms with Crippen molar-refractivity contribution in [3.05, 3.63) is 35.7 Å². The fraction of sp³-hybridized carbons (Fsp3) is 0.500. The molecule has 1 aliphatic rings. The summed E-state index contributed by atoms with van der Waals surface area (Å²) in [7, 11) is 1.87. The molecule has 1 unspecified atom stereocenters. The zero-order valence-electron chi connectivity index (χ0n) is 9.87. The molecule has 1 N–H and O–H groups in total. The van der Waals surface area contributed by atoms with Crippen LogP contribution in [0.4, 0.5) is 0 Å². The van der Waals surface area contributed by atoms with E-state index in [1.807, 2.05) is 19.3 Å². The SMILES string of the molecule is Cn1cnc(Cn2ccc3c2CCCC3O)n1. The molecule has 0 bridgehead atoms. The van der Waals surface area contributed by atoms with Gasteiger partial charge in [-0.2, -0.15) is 5.10 Å². The van der Waals surface area contributed by atoms with Crippen LogP contribution in [0.2, 0.25) is 0 Å². The van der Waals surface area contributed by atoms with Crippen molar-refractivity contribution in [3.63, 3.8) is 0 Å². The topological polar surface area (TPSA) is 55.9 Å². The van der Waals surface area contributed by atoms with Crippen molar-refractivity contribution in [2.45, 2.75) is 31.9 Å². The summed E-state index contributed by atoms with van der Waals surface area (Å²) in [6.07, 6.45) is 6.39. The predicted octanol–water partition coefficient (Wildman–Crippen LogP) is 1.03. The minimum Gasteiger partial charge on any atom is -0.388 e. The standard InChI is InChI=1S/C12H16N4O/c1-15-8-13-12(14-15)7-16-6-5-9-10(16)3-2-4-11(9)17/h5-6,8,11,17H,2-4,7H2,1H3. The van der Waals surface area contributed by atoms with E-state index in [1.54, 1.807) is 11.0 Å². The third-order valence-corrected chi connectivity index (χ3v) is 3.32. The molecule has 0 saturated carbocycles. The Kier molecular flexibility index (Phi) is 2.48. The van der Waals surface area contributed by atoms with Gasteiger partial charge in [0.1, 0.15) is 6.33 Å². The van der Waals surface area contributed by atoms with E-state index in [9.17, 15) is 5.11 Å². The van der Waals surface area contributed by atoms with E-state index < -0.39 is 0 Å². The normalized spacial score (nSPS) is 19.3. The summed E-state index contributed by atoms with van der Waals surface area (Å²) in [5.74, 6) is 0.811. The van der Waals surface area contributed by atoms with Crippen molar-refractivity contribution in [3.8, 4) is 0 Å². The molecule has 1 aliphatic carbocycles. The van der Waals surface area contributed by atoms with Gasteiger partial charge < -0.3 is 9.67 Å². The molecule has 0 saturated heterocycles. The molecule has 5 heteroatoms. The summed E-state index contributed by atoms with van der Waals surface area (Å²) >= 11 is 0. The van der Waals surface area contributed by atoms with E-state index in [0.717, 1.165) is 30.7 Å². The van der Waals surface area contributed by atoms with Gasteiger partial charge in [0.25, 0.3) is 0 Å². The molecule has 0 aromatic carbocycles. The molecule has 2 aromatic heterocycles. The second-order valence-corrected chi connectivity index (χ2v) is 4.59. The van der Waals surface area contributed by atoms with Crippen LogP contribution in [0.5, 0.6) is 0 Å². The molecule has 17 heavy (non-hydrogen) atoms. The average Bonchev–Trinajstić information content (AvgIpc) is 2.88. The molecule has 0 radical (unpaired) electrons. The highest BCUT2D eigenvalue weighted by Crippen LogP contribution is 2.30. The minimum atomic E-state index is -0.295. The van der Waals surface area contributed by atoms with Gasteiger partial charge in [-0.25, -0.2) is 4.98 Å². The first-order valence-electron chi connectivity index (χ1n) is 5.94. The van der Waals surface area contributed by atoms with Crippen molar-refractivity contribution in [1.82, 2.24) is 19.3 Å². The van der Waals surface area contributed by atoms with Crippen LogP contribution in [0.1, 0.15) is 36.0 Å². The first-order chi connectivity index (χ1) is 8.24. The maximum Gasteiger partial charge on any atom is 0.170 e. The third-order valence-electron chi connectivity index (χ3n) is 3.32. The number of aliphatic hydroxyl groups is 1. The van der Waals surface area contributed by atoms with Gasteiger partial charge in [0, 0.05) is 24.5 Å². The minimum absolute atomic E-state index is 0.295. The van der Waals surface area contributed by atoms with Gasteiger partial charge in [0.15, 0.2) is 5.82 Å². The fourth-order valence-corrected chi connectivity index (χ4v) is 2.49. The number of rotatable bonds is 2. The van der Waals surface area contributed by atoms with Gasteiger partial charge in [-0.3, -0.25) is 4.68 Å². The number of fused-ring (bicyclic) bond motifs is 1. The van der Waals surface area contributed by atoms with Crippen LogP contribution in [-0.2, 0) is 20.0 Å². The van der Waals surface area contributed by atoms with Gasteiger partial charge in [0.2, 0.25) is 0 Å². The van der Waals surface area contributed by atoms with Crippen molar-refractivity contribution in [2.24, 2.45) is 7.05 Å². The van der Waals surface area contributed by atoms with Crippen molar-refractivity contribution >= 4 is 0 Å². The van der Waals surface area contributed by atoms with E-state index in [2.05, 4.69) is 14.6 Å². The van der Waals surface area contributed by atoms with E-state index >= 15 is 0 Å². The van der Waals surface area contributed by atoms with Crippen LogP contribution in [0.15, 0.2) is 18.6 Å². The quantitative estimate of drug-likeness (QED) is 0.841. The second-order valence-electron chi connectivity index (χ2n) is 4.59. The molecule has 2 aromatic rings. The molecule has 1 atom stereocenters. The molecular weight excluding hydrogens is 216 g/mol. The largest absolute Gasteiger partial charge is 0.388 e. The summed E-state index contributed by atoms with van der Waals surface area (Å²) in [4.78, 5) is 4.23. The van der Waals surface area contributed by atoms with Crippen LogP contribution in [0.3, 0.4) is 0 Å². The summed E-state index contributed by atoms with van der Waals surface area (Å²) in [6.45, 7) is 0.683. The van der Waals surface area contributed by atoms with Gasteiger partial charge in [-0.1, -0.05) is 0 Å². The molecule has 0 aliphatic heterocycles. The molecule has 0 spiro atoms. The first kappa shape index (κ1) is 10.5. The highest BCUT2D eigenvalue weighted by molar-refractivity contribution is 5.27. The van der Waals surface area contributed by atoms with Crippen LogP contribution >= 0.6 is 0 Å². The Bertz CT molecular complexity index is 528. The van der Waals surface area contributed by atoms with Gasteiger partial charge in [-0.05, 0) is 25.3 Å². The van der Waals surface area contributed by atoms with Crippen molar-refractivity contribution in [1.29, 1.82) is 0 Å². The lowest BCUT2D eigenvalue weighted by Crippen LogP contribution is -2.13. The van der Waals surface area contributed by atoms with Gasteiger partial charge in [0.05, 0.1) is 12.6 Å². The van der Waals surface area contributed by atoms with Crippen molar-refractivity contribution < 1.29 is 5.11 Å². The third kappa shape index (κ3) is 1.86. The lowest BCUT2D eigenvalue weighted by Gasteiger charge is -2.19. The average molecular weight is 232 g/mol. The number of aromatic nitrogens is 4. The van der Waals surface area contributed by atoms with Crippen LogP contribution in [-0.4, -0.2) is 24.4 Å². The Morgan fingerprint density at radius 1 is 1.53 bits per heavy atom. The van der Waals surface area contributed by atoms with Gasteiger partial charge >= 0.3 is 0 Å². The summed E-state index contributed by atoms with van der Waals surface area (Å²) in [6, 6.07) is 2.02. The smallest absolute Gasteiger partial charge is 0.170 e. The lowest BCUT2D eigenvalue weighted by molar-refractivity contribution is 0.155. The number of hydrogen-bond acceptors (Lipinski definition) is 3. The molecule has 3 rings (SSSR count). The lowest BCUT2D eigenvalue weighted by atomic mass is 9.95. The zero-order chi connectivity index (χ0) is 11.8. The summed E-state index contributed by atoms with van der Waals surface area (Å²) < 4.78 is 3.85. The number of aliphatic hydroxyl groups excluding tert-OH is 1. The predicted molar refractivity (Wildman–Crippen MR) is 62.4 cm³/mol. The summed E-state index contributed by atoms with van der Waals surface area (Å²) in [5, 5.41) is 14.2. The van der Waals surface area contributed by atoms with E-state index in [0.29, 0.717) is 6.54 Å². The zero-order valence-corrected chi connectivity index (χ0v) is 9.87. The number of hydrogen-bond donors (Lipinski definition) is 1.